The first kappa shape index (κ1) is 16.5. The van der Waals surface area contributed by atoms with E-state index in [-0.39, 0.29) is 5.56 Å². The molecule has 0 aliphatic carbocycles. The van der Waals surface area contributed by atoms with Crippen molar-refractivity contribution in [3.8, 4) is 16.9 Å². The molecule has 0 saturated carbocycles. The van der Waals surface area contributed by atoms with Crippen LogP contribution in [0.2, 0.25) is 0 Å². The molecule has 0 saturated heterocycles. The molecule has 0 amide bonds. The van der Waals surface area contributed by atoms with Gasteiger partial charge in [-0.1, -0.05) is 36.4 Å². The molecule has 5 heteroatoms. The summed E-state index contributed by atoms with van der Waals surface area (Å²) in [6.07, 6.45) is 1.43. The molecule has 126 valence electrons. The number of rotatable bonds is 3. The third-order valence-corrected chi connectivity index (χ3v) is 4.60. The summed E-state index contributed by atoms with van der Waals surface area (Å²) in [6.45, 7) is 5.14. The zero-order valence-electron chi connectivity index (χ0n) is 13.9. The van der Waals surface area contributed by atoms with Gasteiger partial charge in [0.25, 0.3) is 5.56 Å². The van der Waals surface area contributed by atoms with Crippen molar-refractivity contribution in [2.75, 3.05) is 0 Å². The van der Waals surface area contributed by atoms with Crippen LogP contribution in [0.15, 0.2) is 53.0 Å². The molecule has 1 aromatic carbocycles. The van der Waals surface area contributed by atoms with Crippen LogP contribution in [0.4, 0.5) is 0 Å². The first-order valence-corrected chi connectivity index (χ1v) is 7.88. The van der Waals surface area contributed by atoms with E-state index in [1.54, 1.807) is 33.0 Å². The van der Waals surface area contributed by atoms with Crippen LogP contribution in [0.1, 0.15) is 26.3 Å². The average molecular weight is 327 g/mol. The van der Waals surface area contributed by atoms with E-state index in [2.05, 4.69) is 4.98 Å². The molecule has 0 bridgehead atoms. The van der Waals surface area contributed by atoms with E-state index in [0.29, 0.717) is 16.9 Å². The molecular formula is C19H21NO4. The van der Waals surface area contributed by atoms with Crippen molar-refractivity contribution >= 4 is 0 Å². The maximum Gasteiger partial charge on any atom is 0.256 e. The summed E-state index contributed by atoms with van der Waals surface area (Å²) >= 11 is 0. The van der Waals surface area contributed by atoms with Crippen molar-refractivity contribution < 1.29 is 14.9 Å². The zero-order chi connectivity index (χ0) is 17.5. The van der Waals surface area contributed by atoms with E-state index in [4.69, 9.17) is 4.74 Å². The van der Waals surface area contributed by atoms with Crippen LogP contribution >= 0.6 is 0 Å². The molecule has 0 spiro atoms. The van der Waals surface area contributed by atoms with Crippen LogP contribution in [0.3, 0.4) is 0 Å². The SMILES string of the molecule is C/C(=C\[C@@]1(C)c2c(c(-c3ccccc3)c[nH]c2=O)O[C@H]1O)C(C)O. The summed E-state index contributed by atoms with van der Waals surface area (Å²) in [5, 5.41) is 20.2. The number of aliphatic hydroxyl groups excluding tert-OH is 2. The lowest BCUT2D eigenvalue weighted by Gasteiger charge is -2.23. The van der Waals surface area contributed by atoms with Gasteiger partial charge in [-0.15, -0.1) is 0 Å². The number of aliphatic hydroxyl groups is 2. The van der Waals surface area contributed by atoms with Crippen LogP contribution in [-0.4, -0.2) is 27.6 Å². The Kier molecular flexibility index (Phi) is 4.07. The summed E-state index contributed by atoms with van der Waals surface area (Å²) in [4.78, 5) is 15.2. The lowest BCUT2D eigenvalue weighted by Crippen LogP contribution is -2.37. The fourth-order valence-electron chi connectivity index (χ4n) is 3.05. The Labute approximate surface area is 140 Å². The smallest absolute Gasteiger partial charge is 0.256 e. The van der Waals surface area contributed by atoms with E-state index in [0.717, 1.165) is 11.1 Å². The standard InChI is InChI=1S/C19H21NO4/c1-11(12(2)21)9-19(3)15-16(24-18(19)23)14(10-20-17(15)22)13-7-5-4-6-8-13/h4-10,12,18,21,23H,1-3H3,(H,20,22)/b11-9+/t12?,18-,19+/m1/s1. The van der Waals surface area contributed by atoms with Crippen molar-refractivity contribution in [2.45, 2.75) is 38.6 Å². The Morgan fingerprint density at radius 2 is 2.04 bits per heavy atom. The molecule has 3 N–H and O–H groups in total. The van der Waals surface area contributed by atoms with Gasteiger partial charge in [0.15, 0.2) is 0 Å². The van der Waals surface area contributed by atoms with Gasteiger partial charge in [0, 0.05) is 11.8 Å². The van der Waals surface area contributed by atoms with Crippen molar-refractivity contribution in [1.29, 1.82) is 0 Å². The Bertz CT molecular complexity index is 838. The van der Waals surface area contributed by atoms with Gasteiger partial charge in [0.1, 0.15) is 5.75 Å². The fourth-order valence-corrected chi connectivity index (χ4v) is 3.05. The Morgan fingerprint density at radius 3 is 2.67 bits per heavy atom. The number of H-pyrrole nitrogens is 1. The number of aromatic nitrogens is 1. The van der Waals surface area contributed by atoms with E-state index in [9.17, 15) is 15.0 Å². The normalized spacial score (nSPS) is 24.4. The molecule has 3 rings (SSSR count). The molecule has 5 nitrogen and oxygen atoms in total. The van der Waals surface area contributed by atoms with Crippen molar-refractivity contribution in [3.63, 3.8) is 0 Å². The summed E-state index contributed by atoms with van der Waals surface area (Å²) in [7, 11) is 0. The molecule has 2 aromatic rings. The topological polar surface area (TPSA) is 82.6 Å². The summed E-state index contributed by atoms with van der Waals surface area (Å²) in [5.41, 5.74) is 1.30. The average Bonchev–Trinajstić information content (AvgIpc) is 2.80. The van der Waals surface area contributed by atoms with Gasteiger partial charge in [0.2, 0.25) is 6.29 Å². The minimum Gasteiger partial charge on any atom is -0.463 e. The predicted molar refractivity (Wildman–Crippen MR) is 91.9 cm³/mol. The second kappa shape index (κ2) is 5.92. The van der Waals surface area contributed by atoms with Gasteiger partial charge in [-0.05, 0) is 31.9 Å². The number of pyridine rings is 1. The molecule has 0 radical (unpaired) electrons. The van der Waals surface area contributed by atoms with Crippen LogP contribution in [0, 0.1) is 0 Å². The molecule has 1 aliphatic rings. The van der Waals surface area contributed by atoms with Crippen LogP contribution < -0.4 is 10.3 Å². The van der Waals surface area contributed by atoms with Crippen LogP contribution in [0.5, 0.6) is 5.75 Å². The molecule has 1 unspecified atom stereocenters. The van der Waals surface area contributed by atoms with E-state index in [1.165, 1.54) is 0 Å². The van der Waals surface area contributed by atoms with Gasteiger partial charge in [0.05, 0.1) is 17.1 Å². The molecular weight excluding hydrogens is 306 g/mol. The van der Waals surface area contributed by atoms with E-state index < -0.39 is 17.8 Å². The van der Waals surface area contributed by atoms with E-state index >= 15 is 0 Å². The van der Waals surface area contributed by atoms with Gasteiger partial charge in [-0.25, -0.2) is 0 Å². The van der Waals surface area contributed by atoms with E-state index in [1.807, 2.05) is 30.3 Å². The molecule has 2 heterocycles. The lowest BCUT2D eigenvalue weighted by atomic mass is 9.81. The first-order chi connectivity index (χ1) is 11.3. The van der Waals surface area contributed by atoms with Gasteiger partial charge in [-0.3, -0.25) is 4.79 Å². The first-order valence-electron chi connectivity index (χ1n) is 7.88. The number of benzene rings is 1. The highest BCUT2D eigenvalue weighted by atomic mass is 16.6. The fraction of sp³-hybridized carbons (Fsp3) is 0.316. The quantitative estimate of drug-likeness (QED) is 0.756. The minimum atomic E-state index is -1.20. The van der Waals surface area contributed by atoms with Gasteiger partial charge < -0.3 is 19.9 Å². The molecule has 1 aliphatic heterocycles. The van der Waals surface area contributed by atoms with Crippen molar-refractivity contribution in [3.05, 3.63) is 64.1 Å². The highest BCUT2D eigenvalue weighted by Gasteiger charge is 2.46. The Morgan fingerprint density at radius 1 is 1.38 bits per heavy atom. The highest BCUT2D eigenvalue weighted by molar-refractivity contribution is 5.73. The molecule has 0 fully saturated rings. The Hall–Kier alpha value is -2.37. The third kappa shape index (κ3) is 2.56. The maximum atomic E-state index is 12.5. The monoisotopic (exact) mass is 327 g/mol. The number of aromatic amines is 1. The zero-order valence-corrected chi connectivity index (χ0v) is 13.9. The number of nitrogens with one attached hydrogen (secondary N) is 1. The highest BCUT2D eigenvalue weighted by Crippen LogP contribution is 2.46. The van der Waals surface area contributed by atoms with Crippen molar-refractivity contribution in [1.82, 2.24) is 4.98 Å². The second-order valence-corrected chi connectivity index (χ2v) is 6.42. The maximum absolute atomic E-state index is 12.5. The molecule has 1 aromatic heterocycles. The summed E-state index contributed by atoms with van der Waals surface area (Å²) in [6, 6.07) is 9.53. The second-order valence-electron chi connectivity index (χ2n) is 6.42. The van der Waals surface area contributed by atoms with Crippen LogP contribution in [0.25, 0.3) is 11.1 Å². The lowest BCUT2D eigenvalue weighted by molar-refractivity contribution is -0.0363. The summed E-state index contributed by atoms with van der Waals surface area (Å²) < 4.78 is 5.68. The van der Waals surface area contributed by atoms with Crippen molar-refractivity contribution in [2.24, 2.45) is 0 Å². The minimum absolute atomic E-state index is 0.307. The number of hydrogen-bond donors (Lipinski definition) is 3. The number of ether oxygens (including phenoxy) is 1. The summed E-state index contributed by atoms with van der Waals surface area (Å²) in [5.74, 6) is 0.384. The molecule has 24 heavy (non-hydrogen) atoms. The predicted octanol–water partition coefficient (Wildman–Crippen LogP) is 2.34. The largest absolute Gasteiger partial charge is 0.463 e. The third-order valence-electron chi connectivity index (χ3n) is 4.60. The van der Waals surface area contributed by atoms with Crippen LogP contribution in [-0.2, 0) is 5.41 Å². The molecule has 3 atom stereocenters. The van der Waals surface area contributed by atoms with Gasteiger partial charge in [-0.2, -0.15) is 0 Å². The Balaban J connectivity index is 2.23. The number of hydrogen-bond acceptors (Lipinski definition) is 4. The van der Waals surface area contributed by atoms with Gasteiger partial charge >= 0.3 is 0 Å². The number of fused-ring (bicyclic) bond motifs is 1.